The number of hydrogen-bond acceptors (Lipinski definition) is 15. The van der Waals surface area contributed by atoms with Crippen LogP contribution in [0.4, 0.5) is 0 Å². The van der Waals surface area contributed by atoms with E-state index in [0.717, 1.165) is 83.1 Å². The number of rotatable bonds is 16. The van der Waals surface area contributed by atoms with Gasteiger partial charge in [-0.25, -0.2) is 27.1 Å². The van der Waals surface area contributed by atoms with Crippen LogP contribution in [0.15, 0.2) is 78.9 Å². The molecular weight excluding hydrogens is 1080 g/mol. The number of ether oxygens (including phenoxy) is 5. The zero-order valence-corrected chi connectivity index (χ0v) is 49.7. The molecule has 15 nitrogen and oxygen atoms in total. The number of nitrogens with zero attached hydrogens (tertiary/aromatic N) is 2. The first-order valence-electron chi connectivity index (χ1n) is 27.2. The van der Waals surface area contributed by atoms with Crippen LogP contribution in [0.2, 0.25) is 5.02 Å². The van der Waals surface area contributed by atoms with Crippen molar-refractivity contribution in [2.45, 2.75) is 103 Å². The fourth-order valence-corrected chi connectivity index (χ4v) is 16.0. The lowest BCUT2D eigenvalue weighted by Crippen LogP contribution is -2.48. The Kier molecular flexibility index (Phi) is 20.1. The van der Waals surface area contributed by atoms with Gasteiger partial charge in [0.25, 0.3) is 5.91 Å². The van der Waals surface area contributed by atoms with Crippen molar-refractivity contribution in [3.8, 4) is 32.4 Å². The summed E-state index contributed by atoms with van der Waals surface area (Å²) in [5.74, 6) is -0.429. The average molecular weight is 1160 g/mol. The summed E-state index contributed by atoms with van der Waals surface area (Å²) >= 11 is 9.28. The number of amides is 1. The minimum atomic E-state index is -3.41. The molecule has 3 aromatic carbocycles. The van der Waals surface area contributed by atoms with E-state index < -0.39 is 27.9 Å². The fourth-order valence-electron chi connectivity index (χ4n) is 11.8. The Hall–Kier alpha value is -5.34. The Morgan fingerprint density at radius 3 is 1.82 bits per heavy atom. The van der Waals surface area contributed by atoms with Crippen LogP contribution in [0.25, 0.3) is 20.9 Å². The van der Waals surface area contributed by atoms with E-state index in [-0.39, 0.29) is 52.5 Å². The normalized spacial score (nSPS) is 18.2. The van der Waals surface area contributed by atoms with Gasteiger partial charge in [0, 0.05) is 49.7 Å². The smallest absolute Gasteiger partial charge is 0.351 e. The Morgan fingerprint density at radius 2 is 1.22 bits per heavy atom. The molecule has 1 amide bonds. The van der Waals surface area contributed by atoms with E-state index in [0.29, 0.717) is 71.3 Å². The monoisotopic (exact) mass is 1160 g/mol. The average Bonchev–Trinajstić information content (AvgIpc) is 4.04. The van der Waals surface area contributed by atoms with Gasteiger partial charge in [0.2, 0.25) is 10.0 Å². The van der Waals surface area contributed by atoms with Crippen molar-refractivity contribution >= 4 is 68.1 Å². The zero-order valence-electron chi connectivity index (χ0n) is 46.5. The number of nitrogens with one attached hydrogen (secondary N) is 2. The number of hydrogen-bond donors (Lipinski definition) is 2. The van der Waals surface area contributed by atoms with E-state index in [4.69, 9.17) is 35.3 Å². The minimum absolute atomic E-state index is 0.00636. The molecule has 79 heavy (non-hydrogen) atoms. The van der Waals surface area contributed by atoms with E-state index in [1.54, 1.807) is 9.21 Å². The lowest BCUT2D eigenvalue weighted by molar-refractivity contribution is -0.152. The van der Waals surface area contributed by atoms with Crippen LogP contribution in [0.5, 0.6) is 11.5 Å². The van der Waals surface area contributed by atoms with E-state index in [9.17, 15) is 27.6 Å². The SMILES string of the molecule is COC(=O)c1sc(-c2cccc(C3CC(C)(C)CC(C)(C)C3)c2)c(C)c1OCC(=O)N1CCNCC1.COC(=O)c1sc(-c2cccc(C3CCN(S(=O)(=O)Cc4ccccc4)CC3)c2)c(Cl)c1OCC(=O)OC1CCNCC1. The summed E-state index contributed by atoms with van der Waals surface area (Å²) in [6.07, 6.45) is 6.26. The summed E-state index contributed by atoms with van der Waals surface area (Å²) in [7, 11) is -0.757. The lowest BCUT2D eigenvalue weighted by Gasteiger charge is -2.45. The summed E-state index contributed by atoms with van der Waals surface area (Å²) in [6.45, 7) is 16.4. The van der Waals surface area contributed by atoms with Gasteiger partial charge in [-0.05, 0) is 115 Å². The van der Waals surface area contributed by atoms with Gasteiger partial charge in [-0.3, -0.25) is 4.79 Å². The standard InChI is InChI=1S/C31H35ClN2O7S2.C29H40N2O4S/c1-39-31(36)30-28(40-19-26(35)41-25-10-14-33-15-11-25)27(32)29(42-30)24-9-5-8-23(18-24)22-12-16-34(17-13-22)43(37,38)20-21-6-3-2-4-7-21;1-19-24(35-17-23(32)31-12-10-30-11-13-31)26(27(33)34-6)36-25(19)21-9-7-8-20(14-21)22-15-28(2,3)18-29(4,5)16-22/h2-9,18,22,25,33H,10-17,19-20H2,1H3;7-9,14,22,30H,10-13,15-18H2,1-6H3. The van der Waals surface area contributed by atoms with Gasteiger partial charge in [-0.1, -0.05) is 118 Å². The zero-order chi connectivity index (χ0) is 56.5. The molecule has 4 aliphatic rings. The minimum Gasteiger partial charge on any atom is -0.482 e. The first kappa shape index (κ1) is 59.8. The molecular formula is C60H75ClN4O11S3. The summed E-state index contributed by atoms with van der Waals surface area (Å²) in [5, 5.41) is 6.69. The highest BCUT2D eigenvalue weighted by Gasteiger charge is 2.39. The number of piperazine rings is 1. The summed E-state index contributed by atoms with van der Waals surface area (Å²) < 4.78 is 54.9. The van der Waals surface area contributed by atoms with Crippen molar-refractivity contribution in [1.82, 2.24) is 19.8 Å². The second-order valence-electron chi connectivity index (χ2n) is 22.5. The number of carbonyl (C=O) groups excluding carboxylic acids is 4. The second kappa shape index (κ2) is 26.5. The van der Waals surface area contributed by atoms with Crippen molar-refractivity contribution in [2.75, 3.05) is 79.8 Å². The molecule has 426 valence electrons. The van der Waals surface area contributed by atoms with Gasteiger partial charge in [0.05, 0.1) is 24.8 Å². The highest BCUT2D eigenvalue weighted by atomic mass is 35.5. The largest absolute Gasteiger partial charge is 0.482 e. The van der Waals surface area contributed by atoms with E-state index in [2.05, 4.69) is 62.6 Å². The number of carbonyl (C=O) groups is 4. The van der Waals surface area contributed by atoms with Gasteiger partial charge < -0.3 is 39.2 Å². The summed E-state index contributed by atoms with van der Waals surface area (Å²) in [4.78, 5) is 54.4. The molecule has 4 fully saturated rings. The molecule has 3 aliphatic heterocycles. The first-order valence-corrected chi connectivity index (χ1v) is 30.9. The molecule has 1 saturated carbocycles. The number of esters is 3. The van der Waals surface area contributed by atoms with Crippen LogP contribution in [0.1, 0.15) is 126 Å². The number of benzene rings is 3. The van der Waals surface area contributed by atoms with Gasteiger partial charge >= 0.3 is 17.9 Å². The van der Waals surface area contributed by atoms with Crippen molar-refractivity contribution in [1.29, 1.82) is 0 Å². The highest BCUT2D eigenvalue weighted by Crippen LogP contribution is 2.53. The quantitative estimate of drug-likeness (QED) is 0.0705. The Bertz CT molecular complexity index is 3030. The van der Waals surface area contributed by atoms with Gasteiger partial charge in [-0.2, -0.15) is 0 Å². The molecule has 0 unspecified atom stereocenters. The lowest BCUT2D eigenvalue weighted by atomic mass is 9.60. The summed E-state index contributed by atoms with van der Waals surface area (Å²) in [5.41, 5.74) is 6.53. The third kappa shape index (κ3) is 15.4. The highest BCUT2D eigenvalue weighted by molar-refractivity contribution is 7.88. The Morgan fingerprint density at radius 1 is 0.671 bits per heavy atom. The molecule has 0 atom stereocenters. The molecule has 0 spiro atoms. The molecule has 1 aliphatic carbocycles. The molecule has 2 aromatic heterocycles. The molecule has 5 heterocycles. The van der Waals surface area contributed by atoms with Crippen LogP contribution in [0.3, 0.4) is 0 Å². The van der Waals surface area contributed by atoms with E-state index in [1.165, 1.54) is 50.4 Å². The number of halogens is 1. The van der Waals surface area contributed by atoms with Crippen molar-refractivity contribution in [2.24, 2.45) is 10.8 Å². The maximum Gasteiger partial charge on any atom is 0.351 e. The van der Waals surface area contributed by atoms with Crippen LogP contribution < -0.4 is 20.1 Å². The molecule has 2 N–H and O–H groups in total. The molecule has 19 heteroatoms. The summed E-state index contributed by atoms with van der Waals surface area (Å²) in [6, 6.07) is 25.8. The van der Waals surface area contributed by atoms with E-state index >= 15 is 0 Å². The molecule has 5 aromatic rings. The van der Waals surface area contributed by atoms with Crippen molar-refractivity contribution in [3.63, 3.8) is 0 Å². The molecule has 0 bridgehead atoms. The third-order valence-electron chi connectivity index (χ3n) is 15.2. The second-order valence-corrected chi connectivity index (χ2v) is 26.9. The third-order valence-corrected chi connectivity index (χ3v) is 20.0. The van der Waals surface area contributed by atoms with Gasteiger partial charge in [0.15, 0.2) is 28.7 Å². The Labute approximate surface area is 478 Å². The van der Waals surface area contributed by atoms with Gasteiger partial charge in [-0.15, -0.1) is 22.7 Å². The first-order chi connectivity index (χ1) is 37.7. The van der Waals surface area contributed by atoms with Crippen LogP contribution in [-0.4, -0.2) is 127 Å². The van der Waals surface area contributed by atoms with Crippen molar-refractivity contribution < 1.29 is 51.3 Å². The maximum absolute atomic E-state index is 13.0. The van der Waals surface area contributed by atoms with Crippen LogP contribution >= 0.6 is 34.3 Å². The fraction of sp³-hybridized carbons (Fsp3) is 0.500. The number of thiophene rings is 2. The number of piperidine rings is 2. The molecule has 9 rings (SSSR count). The predicted octanol–water partition coefficient (Wildman–Crippen LogP) is 10.9. The number of sulfonamides is 1. The predicted molar refractivity (Wildman–Crippen MR) is 311 cm³/mol. The molecule has 3 saturated heterocycles. The van der Waals surface area contributed by atoms with Crippen LogP contribution in [-0.2, 0) is 39.6 Å². The topological polar surface area (TPSA) is 179 Å². The number of methoxy groups -OCH3 is 2. The Balaban J connectivity index is 0.000000211. The maximum atomic E-state index is 13.0. The van der Waals surface area contributed by atoms with Crippen LogP contribution in [0, 0.1) is 17.8 Å². The van der Waals surface area contributed by atoms with Crippen molar-refractivity contribution in [3.05, 3.63) is 116 Å². The van der Waals surface area contributed by atoms with E-state index in [1.807, 2.05) is 61.5 Å². The van der Waals surface area contributed by atoms with Gasteiger partial charge in [0.1, 0.15) is 16.9 Å². The molecule has 0 radical (unpaired) electrons.